The molecule has 0 radical (unpaired) electrons. The first-order chi connectivity index (χ1) is 27.5. The molecule has 0 rings (SSSR count). The first-order valence-electron chi connectivity index (χ1n) is 25.0. The Labute approximate surface area is 348 Å². The number of esters is 3. The summed E-state index contributed by atoms with van der Waals surface area (Å²) in [7, 11) is 0. The Bertz CT molecular complexity index is 828. The van der Waals surface area contributed by atoms with Gasteiger partial charge in [-0.05, 0) is 19.3 Å². The van der Waals surface area contributed by atoms with Gasteiger partial charge in [-0.3, -0.25) is 14.4 Å². The van der Waals surface area contributed by atoms with Gasteiger partial charge >= 0.3 is 17.9 Å². The minimum absolute atomic E-state index is 0.0646. The van der Waals surface area contributed by atoms with Crippen LogP contribution in [0, 0.1) is 0 Å². The second-order valence-electron chi connectivity index (χ2n) is 17.1. The van der Waals surface area contributed by atoms with Crippen molar-refractivity contribution in [2.75, 3.05) is 13.2 Å². The summed E-state index contributed by atoms with van der Waals surface area (Å²) in [4.78, 5) is 37.3. The maximum absolute atomic E-state index is 12.5. The highest BCUT2D eigenvalue weighted by Crippen LogP contribution is 2.17. The van der Waals surface area contributed by atoms with Crippen LogP contribution in [0.15, 0.2) is 0 Å². The fraction of sp³-hybridized carbons (Fsp3) is 0.940. The van der Waals surface area contributed by atoms with Crippen molar-refractivity contribution >= 4 is 17.9 Å². The summed E-state index contributed by atoms with van der Waals surface area (Å²) in [6, 6.07) is 0. The fourth-order valence-corrected chi connectivity index (χ4v) is 7.56. The molecule has 0 aliphatic heterocycles. The molecule has 0 spiro atoms. The van der Waals surface area contributed by atoms with Crippen LogP contribution in [0.1, 0.15) is 284 Å². The summed E-state index contributed by atoms with van der Waals surface area (Å²) in [6.45, 7) is 6.54. The van der Waals surface area contributed by atoms with Gasteiger partial charge in [0.05, 0.1) is 0 Å². The molecule has 0 aliphatic rings. The highest BCUT2D eigenvalue weighted by Gasteiger charge is 2.19. The summed E-state index contributed by atoms with van der Waals surface area (Å²) in [5.41, 5.74) is 0. The molecular weight excluding hydrogens is 697 g/mol. The summed E-state index contributed by atoms with van der Waals surface area (Å²) in [6.07, 6.45) is 48.8. The molecule has 0 amide bonds. The average Bonchev–Trinajstić information content (AvgIpc) is 3.19. The Morgan fingerprint density at radius 1 is 0.286 bits per heavy atom. The largest absolute Gasteiger partial charge is 0.462 e. The van der Waals surface area contributed by atoms with Crippen LogP contribution in [-0.4, -0.2) is 37.2 Å². The number of ether oxygens (including phenoxy) is 3. The van der Waals surface area contributed by atoms with Gasteiger partial charge in [-0.2, -0.15) is 0 Å². The van der Waals surface area contributed by atoms with Gasteiger partial charge in [0.15, 0.2) is 6.10 Å². The minimum atomic E-state index is -0.756. The third-order valence-electron chi connectivity index (χ3n) is 11.4. The molecule has 332 valence electrons. The predicted octanol–water partition coefficient (Wildman–Crippen LogP) is 16.0. The van der Waals surface area contributed by atoms with E-state index in [1.807, 2.05) is 0 Å². The molecule has 0 fully saturated rings. The lowest BCUT2D eigenvalue weighted by molar-refractivity contribution is -0.167. The Hall–Kier alpha value is -1.59. The number of unbranched alkanes of at least 4 members (excludes halogenated alkanes) is 35. The molecule has 0 N–H and O–H groups in total. The van der Waals surface area contributed by atoms with E-state index in [1.165, 1.54) is 180 Å². The standard InChI is InChI=1S/C50H96O6/c1-4-7-10-13-15-16-17-18-19-20-21-22-23-24-25-26-27-28-29-30-31-32-33-35-37-40-43-49(52)55-46-47(45-54-48(51)42-39-36-12-9-6-3)56-50(53)44-41-38-34-14-11-8-5-2/h47H,4-46H2,1-3H3. The predicted molar refractivity (Wildman–Crippen MR) is 238 cm³/mol. The summed E-state index contributed by atoms with van der Waals surface area (Å²) < 4.78 is 16.5. The summed E-state index contributed by atoms with van der Waals surface area (Å²) in [5.74, 6) is -0.873. The number of carbonyl (C=O) groups is 3. The summed E-state index contributed by atoms with van der Waals surface area (Å²) in [5, 5.41) is 0. The Morgan fingerprint density at radius 3 is 0.714 bits per heavy atom. The molecule has 6 nitrogen and oxygen atoms in total. The highest BCUT2D eigenvalue weighted by molar-refractivity contribution is 5.71. The van der Waals surface area contributed by atoms with Crippen LogP contribution in [0.2, 0.25) is 0 Å². The van der Waals surface area contributed by atoms with E-state index in [2.05, 4.69) is 20.8 Å². The monoisotopic (exact) mass is 793 g/mol. The lowest BCUT2D eigenvalue weighted by Crippen LogP contribution is -2.30. The summed E-state index contributed by atoms with van der Waals surface area (Å²) >= 11 is 0. The molecule has 0 aromatic heterocycles. The molecule has 56 heavy (non-hydrogen) atoms. The maximum atomic E-state index is 12.5. The van der Waals surface area contributed by atoms with E-state index in [-0.39, 0.29) is 31.1 Å². The van der Waals surface area contributed by atoms with Crippen molar-refractivity contribution < 1.29 is 28.6 Å². The molecule has 0 saturated heterocycles. The van der Waals surface area contributed by atoms with Crippen molar-refractivity contribution in [1.82, 2.24) is 0 Å². The lowest BCUT2D eigenvalue weighted by atomic mass is 10.0. The van der Waals surface area contributed by atoms with Crippen molar-refractivity contribution in [2.24, 2.45) is 0 Å². The maximum Gasteiger partial charge on any atom is 0.306 e. The van der Waals surface area contributed by atoms with Crippen molar-refractivity contribution in [3.05, 3.63) is 0 Å². The van der Waals surface area contributed by atoms with E-state index < -0.39 is 6.10 Å². The third kappa shape index (κ3) is 43.5. The van der Waals surface area contributed by atoms with E-state index in [0.717, 1.165) is 64.2 Å². The van der Waals surface area contributed by atoms with E-state index in [9.17, 15) is 14.4 Å². The zero-order valence-corrected chi connectivity index (χ0v) is 37.9. The van der Waals surface area contributed by atoms with Gasteiger partial charge in [-0.25, -0.2) is 0 Å². The second-order valence-corrected chi connectivity index (χ2v) is 17.1. The normalized spacial score (nSPS) is 11.8. The molecule has 0 aromatic rings. The van der Waals surface area contributed by atoms with Crippen LogP contribution < -0.4 is 0 Å². The van der Waals surface area contributed by atoms with Crippen LogP contribution >= 0.6 is 0 Å². The number of carbonyl (C=O) groups excluding carboxylic acids is 3. The molecule has 0 aliphatic carbocycles. The third-order valence-corrected chi connectivity index (χ3v) is 11.4. The first-order valence-corrected chi connectivity index (χ1v) is 25.0. The van der Waals surface area contributed by atoms with Crippen molar-refractivity contribution in [3.63, 3.8) is 0 Å². The van der Waals surface area contributed by atoms with E-state index >= 15 is 0 Å². The van der Waals surface area contributed by atoms with Gasteiger partial charge in [0, 0.05) is 19.3 Å². The van der Waals surface area contributed by atoms with Gasteiger partial charge in [-0.15, -0.1) is 0 Å². The van der Waals surface area contributed by atoms with E-state index in [1.54, 1.807) is 0 Å². The van der Waals surface area contributed by atoms with Crippen LogP contribution in [-0.2, 0) is 28.6 Å². The van der Waals surface area contributed by atoms with Gasteiger partial charge in [0.25, 0.3) is 0 Å². The van der Waals surface area contributed by atoms with Crippen LogP contribution in [0.25, 0.3) is 0 Å². The molecule has 0 heterocycles. The topological polar surface area (TPSA) is 78.9 Å². The zero-order chi connectivity index (χ0) is 40.8. The second kappa shape index (κ2) is 46.1. The molecule has 0 bridgehead atoms. The van der Waals surface area contributed by atoms with E-state index in [0.29, 0.717) is 19.3 Å². The SMILES string of the molecule is CCCCCCCCCCCCCCCCCCCCCCCCCCCCC(=O)OCC(COC(=O)CCCCCCC)OC(=O)CCCCCCCCC. The number of rotatable bonds is 46. The Balaban J connectivity index is 3.84. The van der Waals surface area contributed by atoms with Crippen LogP contribution in [0.3, 0.4) is 0 Å². The molecular formula is C50H96O6. The number of hydrogen-bond donors (Lipinski definition) is 0. The molecule has 6 heteroatoms. The quantitative estimate of drug-likeness (QED) is 0.0347. The van der Waals surface area contributed by atoms with Crippen molar-refractivity contribution in [2.45, 2.75) is 290 Å². The Kier molecular flexibility index (Phi) is 44.8. The van der Waals surface area contributed by atoms with Gasteiger partial charge in [-0.1, -0.05) is 245 Å². The smallest absolute Gasteiger partial charge is 0.306 e. The number of hydrogen-bond acceptors (Lipinski definition) is 6. The minimum Gasteiger partial charge on any atom is -0.462 e. The molecule has 1 atom stereocenters. The van der Waals surface area contributed by atoms with Crippen molar-refractivity contribution in [3.8, 4) is 0 Å². The van der Waals surface area contributed by atoms with Crippen LogP contribution in [0.4, 0.5) is 0 Å². The zero-order valence-electron chi connectivity index (χ0n) is 37.9. The molecule has 1 unspecified atom stereocenters. The highest BCUT2D eigenvalue weighted by atomic mass is 16.6. The van der Waals surface area contributed by atoms with Gasteiger partial charge in [0.1, 0.15) is 13.2 Å². The van der Waals surface area contributed by atoms with Gasteiger partial charge in [0.2, 0.25) is 0 Å². The Morgan fingerprint density at radius 2 is 0.482 bits per heavy atom. The fourth-order valence-electron chi connectivity index (χ4n) is 7.56. The van der Waals surface area contributed by atoms with Gasteiger partial charge < -0.3 is 14.2 Å². The molecule has 0 aromatic carbocycles. The van der Waals surface area contributed by atoms with E-state index in [4.69, 9.17) is 14.2 Å². The average molecular weight is 793 g/mol. The first kappa shape index (κ1) is 54.4. The van der Waals surface area contributed by atoms with Crippen LogP contribution in [0.5, 0.6) is 0 Å². The molecule has 0 saturated carbocycles. The van der Waals surface area contributed by atoms with Crippen molar-refractivity contribution in [1.29, 1.82) is 0 Å². The lowest BCUT2D eigenvalue weighted by Gasteiger charge is -2.18.